The number of tetrazole rings is 1. The molecule has 1 aliphatic rings. The fourth-order valence-corrected chi connectivity index (χ4v) is 3.77. The molecule has 2 aromatic carbocycles. The first kappa shape index (κ1) is 18.8. The summed E-state index contributed by atoms with van der Waals surface area (Å²) in [6.45, 7) is 1.36. The average Bonchev–Trinajstić information content (AvgIpc) is 3.45. The number of carbonyl (C=O) groups is 2. The standard InChI is InChI=1S/C21H21N5O3/c1-29-21(28)16-6-4-5-14(12-16)11-15-9-10-26(13-15)20(27)18-8-3-2-7-17(18)19-22-24-25-23-19/h2-8,12,15H,9-11,13H2,1H3,(H,22,23,24,25). The molecule has 1 aromatic heterocycles. The number of aromatic amines is 1. The predicted molar refractivity (Wildman–Crippen MR) is 105 cm³/mol. The summed E-state index contributed by atoms with van der Waals surface area (Å²) in [6.07, 6.45) is 1.72. The highest BCUT2D eigenvalue weighted by atomic mass is 16.5. The monoisotopic (exact) mass is 391 g/mol. The highest BCUT2D eigenvalue weighted by Crippen LogP contribution is 2.26. The summed E-state index contributed by atoms with van der Waals surface area (Å²) < 4.78 is 4.79. The number of H-pyrrole nitrogens is 1. The van der Waals surface area contributed by atoms with Crippen molar-refractivity contribution in [3.05, 3.63) is 65.2 Å². The maximum Gasteiger partial charge on any atom is 0.337 e. The van der Waals surface area contributed by atoms with Crippen LogP contribution in [0.15, 0.2) is 48.5 Å². The maximum atomic E-state index is 13.1. The van der Waals surface area contributed by atoms with Crippen LogP contribution in [-0.2, 0) is 11.2 Å². The van der Waals surface area contributed by atoms with Crippen molar-refractivity contribution in [3.63, 3.8) is 0 Å². The van der Waals surface area contributed by atoms with Crippen molar-refractivity contribution < 1.29 is 14.3 Å². The Hall–Kier alpha value is -3.55. The third-order valence-electron chi connectivity index (χ3n) is 5.19. The average molecular weight is 391 g/mol. The van der Waals surface area contributed by atoms with Crippen LogP contribution in [0.2, 0.25) is 0 Å². The Kier molecular flexibility index (Phi) is 5.33. The number of hydrogen-bond acceptors (Lipinski definition) is 6. The van der Waals surface area contributed by atoms with E-state index in [9.17, 15) is 9.59 Å². The first-order valence-electron chi connectivity index (χ1n) is 9.45. The molecule has 3 aromatic rings. The second-order valence-corrected chi connectivity index (χ2v) is 7.08. The Balaban J connectivity index is 1.46. The molecule has 0 spiro atoms. The van der Waals surface area contributed by atoms with Gasteiger partial charge in [0.15, 0.2) is 0 Å². The Morgan fingerprint density at radius 3 is 2.86 bits per heavy atom. The van der Waals surface area contributed by atoms with E-state index in [-0.39, 0.29) is 11.9 Å². The highest BCUT2D eigenvalue weighted by molar-refractivity contribution is 6.00. The molecule has 1 saturated heterocycles. The van der Waals surface area contributed by atoms with Crippen molar-refractivity contribution in [1.29, 1.82) is 0 Å². The smallest absolute Gasteiger partial charge is 0.337 e. The minimum absolute atomic E-state index is 0.0313. The van der Waals surface area contributed by atoms with Gasteiger partial charge >= 0.3 is 5.97 Å². The van der Waals surface area contributed by atoms with Gasteiger partial charge in [0.1, 0.15) is 0 Å². The number of methoxy groups -OCH3 is 1. The Bertz CT molecular complexity index is 1020. The quantitative estimate of drug-likeness (QED) is 0.670. The number of ether oxygens (including phenoxy) is 1. The van der Waals surface area contributed by atoms with Crippen LogP contribution in [0.5, 0.6) is 0 Å². The minimum atomic E-state index is -0.340. The number of esters is 1. The van der Waals surface area contributed by atoms with Gasteiger partial charge in [-0.1, -0.05) is 30.3 Å². The highest BCUT2D eigenvalue weighted by Gasteiger charge is 2.29. The van der Waals surface area contributed by atoms with Gasteiger partial charge in [0.2, 0.25) is 5.82 Å². The molecule has 8 heteroatoms. The molecule has 1 unspecified atom stereocenters. The molecule has 29 heavy (non-hydrogen) atoms. The lowest BCUT2D eigenvalue weighted by Gasteiger charge is -2.18. The van der Waals surface area contributed by atoms with Crippen molar-refractivity contribution in [2.24, 2.45) is 5.92 Å². The molecule has 1 atom stereocenters. The molecule has 0 radical (unpaired) electrons. The molecule has 0 saturated carbocycles. The molecule has 2 heterocycles. The van der Waals surface area contributed by atoms with Gasteiger partial charge in [-0.05, 0) is 47.7 Å². The van der Waals surface area contributed by atoms with Crippen LogP contribution in [-0.4, -0.2) is 57.6 Å². The maximum absolute atomic E-state index is 13.1. The SMILES string of the molecule is COC(=O)c1cccc(CC2CCN(C(=O)c3ccccc3-c3nn[nH]n3)C2)c1. The van der Waals surface area contributed by atoms with Gasteiger partial charge in [-0.3, -0.25) is 4.79 Å². The van der Waals surface area contributed by atoms with Gasteiger partial charge in [-0.15, -0.1) is 10.2 Å². The summed E-state index contributed by atoms with van der Waals surface area (Å²) in [4.78, 5) is 26.7. The van der Waals surface area contributed by atoms with Crippen LogP contribution >= 0.6 is 0 Å². The molecule has 1 N–H and O–H groups in total. The van der Waals surface area contributed by atoms with Crippen LogP contribution in [0.1, 0.15) is 32.7 Å². The van der Waals surface area contributed by atoms with Crippen LogP contribution in [0.3, 0.4) is 0 Å². The van der Waals surface area contributed by atoms with Crippen molar-refractivity contribution in [1.82, 2.24) is 25.5 Å². The van der Waals surface area contributed by atoms with E-state index in [1.807, 2.05) is 41.3 Å². The minimum Gasteiger partial charge on any atom is -0.465 e. The fourth-order valence-electron chi connectivity index (χ4n) is 3.77. The number of benzene rings is 2. The number of carbonyl (C=O) groups excluding carboxylic acids is 2. The second-order valence-electron chi connectivity index (χ2n) is 7.08. The van der Waals surface area contributed by atoms with Crippen LogP contribution in [0.4, 0.5) is 0 Å². The van der Waals surface area contributed by atoms with Gasteiger partial charge in [0, 0.05) is 18.7 Å². The van der Waals surface area contributed by atoms with Crippen molar-refractivity contribution >= 4 is 11.9 Å². The third kappa shape index (κ3) is 4.01. The zero-order valence-corrected chi connectivity index (χ0v) is 16.0. The van der Waals surface area contributed by atoms with Crippen molar-refractivity contribution in [2.45, 2.75) is 12.8 Å². The van der Waals surface area contributed by atoms with Crippen LogP contribution < -0.4 is 0 Å². The number of amides is 1. The van der Waals surface area contributed by atoms with Gasteiger partial charge < -0.3 is 9.64 Å². The number of nitrogens with zero attached hydrogens (tertiary/aromatic N) is 4. The molecule has 0 aliphatic carbocycles. The molecule has 1 fully saturated rings. The molecular weight excluding hydrogens is 370 g/mol. The summed E-state index contributed by atoms with van der Waals surface area (Å²) in [7, 11) is 1.38. The zero-order valence-electron chi connectivity index (χ0n) is 16.0. The van der Waals surface area contributed by atoms with E-state index in [0.717, 1.165) is 18.4 Å². The van der Waals surface area contributed by atoms with E-state index < -0.39 is 0 Å². The summed E-state index contributed by atoms with van der Waals surface area (Å²) >= 11 is 0. The molecule has 4 rings (SSSR count). The fraction of sp³-hybridized carbons (Fsp3) is 0.286. The molecule has 0 bridgehead atoms. The van der Waals surface area contributed by atoms with Gasteiger partial charge in [0.05, 0.1) is 18.2 Å². The van der Waals surface area contributed by atoms with E-state index in [4.69, 9.17) is 4.74 Å². The van der Waals surface area contributed by atoms with E-state index in [0.29, 0.717) is 41.5 Å². The van der Waals surface area contributed by atoms with Crippen molar-refractivity contribution in [3.8, 4) is 11.4 Å². The Labute approximate surface area is 167 Å². The largest absolute Gasteiger partial charge is 0.465 e. The lowest BCUT2D eigenvalue weighted by Crippen LogP contribution is -2.29. The van der Waals surface area contributed by atoms with E-state index in [2.05, 4.69) is 20.6 Å². The second kappa shape index (κ2) is 8.22. The van der Waals surface area contributed by atoms with Crippen molar-refractivity contribution in [2.75, 3.05) is 20.2 Å². The molecule has 8 nitrogen and oxygen atoms in total. The van der Waals surface area contributed by atoms with Gasteiger partial charge in [-0.2, -0.15) is 5.21 Å². The molecular formula is C21H21N5O3. The van der Waals surface area contributed by atoms with Crippen LogP contribution in [0.25, 0.3) is 11.4 Å². The number of hydrogen-bond donors (Lipinski definition) is 1. The predicted octanol–water partition coefficient (Wildman–Crippen LogP) is 2.36. The Morgan fingerprint density at radius 2 is 2.07 bits per heavy atom. The summed E-state index contributed by atoms with van der Waals surface area (Å²) in [5.41, 5.74) is 2.85. The number of rotatable bonds is 5. The third-order valence-corrected chi connectivity index (χ3v) is 5.19. The topological polar surface area (TPSA) is 101 Å². The van der Waals surface area contributed by atoms with Crippen LogP contribution in [0, 0.1) is 5.92 Å². The summed E-state index contributed by atoms with van der Waals surface area (Å²) in [5.74, 6) is 0.373. The lowest BCUT2D eigenvalue weighted by atomic mass is 9.97. The van der Waals surface area contributed by atoms with E-state index in [1.165, 1.54) is 7.11 Å². The van der Waals surface area contributed by atoms with E-state index in [1.54, 1.807) is 12.1 Å². The number of likely N-dealkylation sites (tertiary alicyclic amines) is 1. The zero-order chi connectivity index (χ0) is 20.2. The number of nitrogens with one attached hydrogen (secondary N) is 1. The van der Waals surface area contributed by atoms with Gasteiger partial charge in [0.25, 0.3) is 5.91 Å². The first-order chi connectivity index (χ1) is 14.2. The van der Waals surface area contributed by atoms with Gasteiger partial charge in [-0.25, -0.2) is 4.79 Å². The Morgan fingerprint density at radius 1 is 1.21 bits per heavy atom. The summed E-state index contributed by atoms with van der Waals surface area (Å²) in [5, 5.41) is 14.0. The lowest BCUT2D eigenvalue weighted by molar-refractivity contribution is 0.0600. The first-order valence-corrected chi connectivity index (χ1v) is 9.45. The molecule has 1 amide bonds. The summed E-state index contributed by atoms with van der Waals surface area (Å²) in [6, 6.07) is 14.8. The number of aromatic nitrogens is 4. The molecule has 1 aliphatic heterocycles. The normalized spacial score (nSPS) is 16.0. The molecule has 148 valence electrons. The van der Waals surface area contributed by atoms with E-state index >= 15 is 0 Å².